The molecular weight excluding hydrogens is 560 g/mol. The second-order valence-corrected chi connectivity index (χ2v) is 17.3. The van der Waals surface area contributed by atoms with Gasteiger partial charge in [0, 0.05) is 60.5 Å². The molecule has 2 aliphatic heterocycles. The fraction of sp³-hybridized carbons (Fsp3) is 0.686. The van der Waals surface area contributed by atoms with Crippen LogP contribution in [0.5, 0.6) is 5.75 Å². The number of nitrogens with zero attached hydrogens (tertiary/aromatic N) is 1. The fourth-order valence-corrected chi connectivity index (χ4v) is 9.02. The zero-order valence-corrected chi connectivity index (χ0v) is 27.6. The summed E-state index contributed by atoms with van der Waals surface area (Å²) in [5.74, 6) is 1.46. The summed E-state index contributed by atoms with van der Waals surface area (Å²) in [5, 5.41) is 3.05. The number of ether oxygens (including phenoxy) is 2. The van der Waals surface area contributed by atoms with Gasteiger partial charge in [-0.25, -0.2) is 8.42 Å². The first-order valence-corrected chi connectivity index (χ1v) is 18.3. The smallest absolute Gasteiger partial charge is 0.253 e. The van der Waals surface area contributed by atoms with E-state index in [0.29, 0.717) is 37.5 Å². The average Bonchev–Trinajstić information content (AvgIpc) is 3.67. The number of carbonyl (C=O) groups is 1. The Kier molecular flexibility index (Phi) is 8.02. The first-order chi connectivity index (χ1) is 20.3. The van der Waals surface area contributed by atoms with Crippen LogP contribution in [0.1, 0.15) is 112 Å². The number of carbonyl (C=O) groups excluding carboxylic acids is 1. The van der Waals surface area contributed by atoms with Crippen molar-refractivity contribution < 1.29 is 22.7 Å². The summed E-state index contributed by atoms with van der Waals surface area (Å²) in [5.41, 5.74) is 6.51. The van der Waals surface area contributed by atoms with Crippen molar-refractivity contribution in [1.82, 2.24) is 9.88 Å². The van der Waals surface area contributed by atoms with Gasteiger partial charge in [0.1, 0.15) is 5.75 Å². The quantitative estimate of drug-likeness (QED) is 0.388. The highest BCUT2D eigenvalue weighted by molar-refractivity contribution is 7.92. The fourth-order valence-electron chi connectivity index (χ4n) is 7.77. The molecule has 0 bridgehead atoms. The molecule has 1 spiro atoms. The number of fused-ring (bicyclic) bond motifs is 2. The van der Waals surface area contributed by atoms with E-state index >= 15 is 0 Å². The number of hydrogen-bond acceptors (Lipinski definition) is 5. The minimum atomic E-state index is -3.39. The standard InChI is InChI=1S/C35H50N2O5S/c1-24-27(32(38)36-23-35(43(5,39)40)14-16-41-17-15-35)21-30(37(24)22-25-9-7-6-8-10-25)26-19-28(33(2,3)4)31-29(20-26)34(11-12-34)13-18-42-31/h19-21,25H,6-18,22-23H2,1-5H3,(H,36,38). The molecule has 1 aromatic heterocycles. The summed E-state index contributed by atoms with van der Waals surface area (Å²) < 4.78 is 38.9. The Morgan fingerprint density at radius 2 is 1.70 bits per heavy atom. The maximum Gasteiger partial charge on any atom is 0.253 e. The lowest BCUT2D eigenvalue weighted by molar-refractivity contribution is 0.0718. The number of aromatic nitrogens is 1. The van der Waals surface area contributed by atoms with Crippen LogP contribution in [-0.4, -0.2) is 56.3 Å². The van der Waals surface area contributed by atoms with Gasteiger partial charge in [-0.05, 0) is 87.0 Å². The molecule has 1 aromatic carbocycles. The predicted molar refractivity (Wildman–Crippen MR) is 171 cm³/mol. The van der Waals surface area contributed by atoms with E-state index in [4.69, 9.17) is 9.47 Å². The minimum absolute atomic E-state index is 0.0901. The zero-order valence-electron chi connectivity index (χ0n) is 26.8. The van der Waals surface area contributed by atoms with Gasteiger partial charge in [0.25, 0.3) is 5.91 Å². The van der Waals surface area contributed by atoms with Crippen LogP contribution in [0.2, 0.25) is 0 Å². The van der Waals surface area contributed by atoms with Crippen LogP contribution in [0, 0.1) is 12.8 Å². The second kappa shape index (κ2) is 11.2. The van der Waals surface area contributed by atoms with Crippen molar-refractivity contribution in [3.63, 3.8) is 0 Å². The molecule has 3 heterocycles. The van der Waals surface area contributed by atoms with Gasteiger partial charge in [-0.1, -0.05) is 40.0 Å². The molecule has 8 heteroatoms. The van der Waals surface area contributed by atoms with Crippen LogP contribution in [0.25, 0.3) is 11.3 Å². The second-order valence-electron chi connectivity index (χ2n) is 14.9. The van der Waals surface area contributed by atoms with Gasteiger partial charge in [0.2, 0.25) is 0 Å². The minimum Gasteiger partial charge on any atom is -0.493 e. The zero-order chi connectivity index (χ0) is 30.6. The lowest BCUT2D eigenvalue weighted by Crippen LogP contribution is -2.51. The molecule has 6 rings (SSSR count). The molecule has 1 N–H and O–H groups in total. The number of hydrogen-bond donors (Lipinski definition) is 1. The molecule has 2 aromatic rings. The molecule has 0 radical (unpaired) electrons. The van der Waals surface area contributed by atoms with Crippen molar-refractivity contribution in [3.8, 4) is 17.0 Å². The number of benzene rings is 1. The van der Waals surface area contributed by atoms with E-state index in [1.165, 1.54) is 62.3 Å². The molecule has 43 heavy (non-hydrogen) atoms. The number of sulfone groups is 1. The SMILES string of the molecule is Cc1c(C(=O)NCC2(S(C)(=O)=O)CCOCC2)cc(-c2cc(C(C)(C)C)c3c(c2)C2(CCO3)CC2)n1CC1CCCCC1. The van der Waals surface area contributed by atoms with E-state index in [1.807, 2.05) is 0 Å². The number of amides is 1. The molecule has 0 unspecified atom stereocenters. The van der Waals surface area contributed by atoms with Gasteiger partial charge in [-0.15, -0.1) is 0 Å². The van der Waals surface area contributed by atoms with Gasteiger partial charge in [-0.2, -0.15) is 0 Å². The predicted octanol–water partition coefficient (Wildman–Crippen LogP) is 6.48. The summed E-state index contributed by atoms with van der Waals surface area (Å²) in [6.45, 7) is 11.4. The van der Waals surface area contributed by atoms with Crippen molar-refractivity contribution in [3.05, 3.63) is 40.6 Å². The van der Waals surface area contributed by atoms with Gasteiger partial charge in [0.15, 0.2) is 9.84 Å². The first-order valence-electron chi connectivity index (χ1n) is 16.4. The summed E-state index contributed by atoms with van der Waals surface area (Å²) in [4.78, 5) is 13.9. The normalized spacial score (nSPS) is 21.7. The van der Waals surface area contributed by atoms with Crippen molar-refractivity contribution in [2.24, 2.45) is 5.92 Å². The summed E-state index contributed by atoms with van der Waals surface area (Å²) in [7, 11) is -3.39. The Morgan fingerprint density at radius 3 is 2.33 bits per heavy atom. The van der Waals surface area contributed by atoms with Crippen molar-refractivity contribution in [2.45, 2.75) is 114 Å². The molecule has 0 atom stereocenters. The maximum absolute atomic E-state index is 13.9. The molecule has 236 valence electrons. The monoisotopic (exact) mass is 610 g/mol. The molecule has 2 saturated carbocycles. The third-order valence-corrected chi connectivity index (χ3v) is 13.1. The highest BCUT2D eigenvalue weighted by Gasteiger charge is 2.49. The molecule has 7 nitrogen and oxygen atoms in total. The third kappa shape index (κ3) is 5.79. The number of rotatable bonds is 7. The Labute approximate surface area is 258 Å². The Balaban J connectivity index is 1.41. The molecule has 3 fully saturated rings. The summed E-state index contributed by atoms with van der Waals surface area (Å²) >= 11 is 0. The van der Waals surface area contributed by atoms with Gasteiger partial charge >= 0.3 is 0 Å². The van der Waals surface area contributed by atoms with Crippen LogP contribution in [-0.2, 0) is 31.9 Å². The lowest BCUT2D eigenvalue weighted by Gasteiger charge is -2.35. The summed E-state index contributed by atoms with van der Waals surface area (Å²) in [6.07, 6.45) is 11.8. The van der Waals surface area contributed by atoms with Gasteiger partial charge in [0.05, 0.1) is 16.9 Å². The number of nitrogens with one attached hydrogen (secondary N) is 1. The van der Waals surface area contributed by atoms with Crippen LogP contribution in [0.15, 0.2) is 18.2 Å². The van der Waals surface area contributed by atoms with Crippen molar-refractivity contribution in [2.75, 3.05) is 32.6 Å². The highest BCUT2D eigenvalue weighted by Crippen LogP contribution is 2.58. The van der Waals surface area contributed by atoms with Crippen LogP contribution in [0.3, 0.4) is 0 Å². The van der Waals surface area contributed by atoms with E-state index in [0.717, 1.165) is 42.3 Å². The van der Waals surface area contributed by atoms with E-state index in [9.17, 15) is 13.2 Å². The Morgan fingerprint density at radius 1 is 1.00 bits per heavy atom. The summed E-state index contributed by atoms with van der Waals surface area (Å²) in [6, 6.07) is 6.71. The topological polar surface area (TPSA) is 86.6 Å². The average molecular weight is 611 g/mol. The largest absolute Gasteiger partial charge is 0.493 e. The highest BCUT2D eigenvalue weighted by atomic mass is 32.2. The van der Waals surface area contributed by atoms with Crippen LogP contribution < -0.4 is 10.1 Å². The van der Waals surface area contributed by atoms with Crippen molar-refractivity contribution in [1.29, 1.82) is 0 Å². The first kappa shape index (κ1) is 30.7. The van der Waals surface area contributed by atoms with E-state index < -0.39 is 14.6 Å². The molecule has 4 aliphatic rings. The van der Waals surface area contributed by atoms with Crippen molar-refractivity contribution >= 4 is 15.7 Å². The van der Waals surface area contributed by atoms with Gasteiger partial charge < -0.3 is 19.4 Å². The van der Waals surface area contributed by atoms with E-state index in [-0.39, 0.29) is 23.3 Å². The Hall–Kier alpha value is -2.32. The molecule has 2 aliphatic carbocycles. The third-order valence-electron chi connectivity index (χ3n) is 11.0. The van der Waals surface area contributed by atoms with E-state index in [2.05, 4.69) is 55.8 Å². The maximum atomic E-state index is 13.9. The molecule has 1 saturated heterocycles. The molecule has 1 amide bonds. The lowest BCUT2D eigenvalue weighted by atomic mass is 9.79. The van der Waals surface area contributed by atoms with Crippen LogP contribution >= 0.6 is 0 Å². The Bertz CT molecular complexity index is 1470. The van der Waals surface area contributed by atoms with E-state index in [1.54, 1.807) is 0 Å². The van der Waals surface area contributed by atoms with Crippen LogP contribution in [0.4, 0.5) is 0 Å². The van der Waals surface area contributed by atoms with Gasteiger partial charge in [-0.3, -0.25) is 4.79 Å². The molecular formula is C35H50N2O5S.